The fraction of sp³-hybridized carbons (Fsp3) is 0.744. The van der Waals surface area contributed by atoms with Crippen LogP contribution in [0.25, 0.3) is 0 Å². The van der Waals surface area contributed by atoms with Crippen LogP contribution in [0.4, 0.5) is 5.69 Å². The summed E-state index contributed by atoms with van der Waals surface area (Å²) in [6, 6.07) is 3.29. The van der Waals surface area contributed by atoms with Crippen LogP contribution in [0.5, 0.6) is 0 Å². The van der Waals surface area contributed by atoms with E-state index in [0.29, 0.717) is 49.9 Å². The van der Waals surface area contributed by atoms with Gasteiger partial charge >= 0.3 is 0 Å². The van der Waals surface area contributed by atoms with Gasteiger partial charge in [0.1, 0.15) is 12.1 Å². The van der Waals surface area contributed by atoms with Crippen LogP contribution in [0, 0.1) is 23.7 Å². The van der Waals surface area contributed by atoms with Crippen molar-refractivity contribution in [2.24, 2.45) is 23.7 Å². The topological polar surface area (TPSA) is 210 Å². The molecule has 17 heteroatoms. The van der Waals surface area contributed by atoms with Gasteiger partial charge in [0.05, 0.1) is 47.9 Å². The Labute approximate surface area is 358 Å². The molecular weight excluding hydrogens is 791 g/mol. The zero-order valence-corrected chi connectivity index (χ0v) is 38.7. The first kappa shape index (κ1) is 50.6. The molecule has 340 valence electrons. The minimum absolute atomic E-state index is 0.0159. The van der Waals surface area contributed by atoms with Crippen LogP contribution in [-0.4, -0.2) is 142 Å². The highest BCUT2D eigenvalue weighted by Crippen LogP contribution is 2.30. The van der Waals surface area contributed by atoms with E-state index in [1.807, 2.05) is 60.5 Å². The number of amides is 5. The van der Waals surface area contributed by atoms with Gasteiger partial charge in [0.2, 0.25) is 33.7 Å². The van der Waals surface area contributed by atoms with Gasteiger partial charge in [-0.2, -0.15) is 0 Å². The maximum atomic E-state index is 14.3. The van der Waals surface area contributed by atoms with Crippen molar-refractivity contribution in [3.8, 4) is 0 Å². The molecule has 3 rings (SSSR count). The quantitative estimate of drug-likeness (QED) is 0.118. The Morgan fingerprint density at radius 2 is 1.48 bits per heavy atom. The SMILES string of the molecule is CC[C@H](C)[C@@H]([C@@H](CC(=O)N1CCC[C@H]1[C@H](OC)[C@@H](C)C(=O)N[C@@H](Cc1ccc(N)cc1)C(=O)NS(=O)(=O)C1CC1)OC)N(C)C(=O)[C@@H](NC(=O)C(C(C)C)N(C)C)C(C)C. The summed E-state index contributed by atoms with van der Waals surface area (Å²) in [6.45, 7) is 13.8. The van der Waals surface area contributed by atoms with Crippen molar-refractivity contribution in [3.05, 3.63) is 29.8 Å². The second-order valence-electron chi connectivity index (χ2n) is 17.7. The first-order valence-electron chi connectivity index (χ1n) is 21.4. The van der Waals surface area contributed by atoms with Gasteiger partial charge in [0.25, 0.3) is 5.91 Å². The average Bonchev–Trinajstić information content (AvgIpc) is 3.95. The maximum absolute atomic E-state index is 14.3. The van der Waals surface area contributed by atoms with E-state index in [1.54, 1.807) is 48.0 Å². The summed E-state index contributed by atoms with van der Waals surface area (Å²) in [5, 5.41) is 5.16. The molecule has 9 atom stereocenters. The lowest BCUT2D eigenvalue weighted by Crippen LogP contribution is -2.59. The van der Waals surface area contributed by atoms with E-state index >= 15 is 0 Å². The number of ether oxygens (including phenoxy) is 2. The molecule has 1 aromatic rings. The van der Waals surface area contributed by atoms with Crippen molar-refractivity contribution in [2.75, 3.05) is 47.6 Å². The molecule has 1 aliphatic carbocycles. The average molecular weight is 864 g/mol. The summed E-state index contributed by atoms with van der Waals surface area (Å²) >= 11 is 0. The monoisotopic (exact) mass is 864 g/mol. The lowest BCUT2D eigenvalue weighted by molar-refractivity contribution is -0.148. The third-order valence-electron chi connectivity index (χ3n) is 12.2. The number of likely N-dealkylation sites (N-methyl/N-ethyl adjacent to an activating group) is 2. The van der Waals surface area contributed by atoms with Crippen LogP contribution in [0.15, 0.2) is 24.3 Å². The van der Waals surface area contributed by atoms with Gasteiger partial charge in [-0.05, 0) is 75.2 Å². The van der Waals surface area contributed by atoms with Gasteiger partial charge in [-0.15, -0.1) is 0 Å². The number of likely N-dealkylation sites (tertiary alicyclic amines) is 1. The number of hydrogen-bond acceptors (Lipinski definition) is 11. The first-order valence-corrected chi connectivity index (χ1v) is 22.9. The molecule has 60 heavy (non-hydrogen) atoms. The molecule has 5 N–H and O–H groups in total. The van der Waals surface area contributed by atoms with Crippen LogP contribution < -0.4 is 21.1 Å². The van der Waals surface area contributed by atoms with E-state index in [0.717, 1.165) is 0 Å². The Hall–Kier alpha value is -3.80. The summed E-state index contributed by atoms with van der Waals surface area (Å²) in [5.41, 5.74) is 7.03. The number of benzene rings is 1. The molecule has 16 nitrogen and oxygen atoms in total. The van der Waals surface area contributed by atoms with E-state index < -0.39 is 75.4 Å². The Morgan fingerprint density at radius 1 is 0.867 bits per heavy atom. The summed E-state index contributed by atoms with van der Waals surface area (Å²) in [7, 11) is 4.49. The molecule has 1 unspecified atom stereocenters. The molecule has 1 aromatic carbocycles. The molecule has 0 bridgehead atoms. The van der Waals surface area contributed by atoms with Gasteiger partial charge < -0.3 is 35.6 Å². The summed E-state index contributed by atoms with van der Waals surface area (Å²) in [5.74, 6) is -3.23. The number of sulfonamides is 1. The van der Waals surface area contributed by atoms with Crippen LogP contribution in [-0.2, 0) is 49.9 Å². The first-order chi connectivity index (χ1) is 28.1. The minimum atomic E-state index is -3.89. The summed E-state index contributed by atoms with van der Waals surface area (Å²) in [6.07, 6.45) is 1.35. The molecule has 1 saturated heterocycles. The molecule has 0 aromatic heterocycles. The zero-order chi connectivity index (χ0) is 45.2. The fourth-order valence-electron chi connectivity index (χ4n) is 8.49. The van der Waals surface area contributed by atoms with Crippen LogP contribution in [0.2, 0.25) is 0 Å². The second kappa shape index (κ2) is 22.3. The number of anilines is 1. The Kier molecular flexibility index (Phi) is 18.8. The zero-order valence-electron chi connectivity index (χ0n) is 37.9. The smallest absolute Gasteiger partial charge is 0.256 e. The lowest BCUT2D eigenvalue weighted by Gasteiger charge is -2.41. The maximum Gasteiger partial charge on any atom is 0.256 e. The van der Waals surface area contributed by atoms with Gasteiger partial charge in [0, 0.05) is 39.9 Å². The van der Waals surface area contributed by atoms with E-state index in [-0.39, 0.29) is 48.3 Å². The number of hydrogen-bond donors (Lipinski definition) is 4. The number of nitrogens with one attached hydrogen (secondary N) is 3. The molecule has 1 aliphatic heterocycles. The van der Waals surface area contributed by atoms with Crippen molar-refractivity contribution in [1.82, 2.24) is 30.1 Å². The minimum Gasteiger partial charge on any atom is -0.399 e. The van der Waals surface area contributed by atoms with Crippen molar-refractivity contribution in [2.45, 2.75) is 141 Å². The number of nitrogens with two attached hydrogens (primary N) is 1. The molecule has 0 spiro atoms. The molecule has 5 amide bonds. The second-order valence-corrected chi connectivity index (χ2v) is 19.7. The number of nitrogen functional groups attached to an aromatic ring is 1. The third-order valence-corrected chi connectivity index (χ3v) is 14.0. The highest BCUT2D eigenvalue weighted by molar-refractivity contribution is 7.90. The van der Waals surface area contributed by atoms with Gasteiger partial charge in [-0.3, -0.25) is 33.6 Å². The molecule has 2 fully saturated rings. The third kappa shape index (κ3) is 13.1. The van der Waals surface area contributed by atoms with Crippen molar-refractivity contribution >= 4 is 45.2 Å². The highest BCUT2D eigenvalue weighted by Gasteiger charge is 2.44. The van der Waals surface area contributed by atoms with E-state index in [2.05, 4.69) is 15.4 Å². The molecule has 0 radical (unpaired) electrons. The Bertz CT molecular complexity index is 1710. The molecule has 1 saturated carbocycles. The van der Waals surface area contributed by atoms with E-state index in [4.69, 9.17) is 15.2 Å². The lowest BCUT2D eigenvalue weighted by atomic mass is 9.89. The standard InChI is InChI=1S/C43H73N7O9S/c1-13-27(6)38(49(10)43(55)36(25(2)3)46-42(54)37(26(4)5)48(8)9)34(58-11)24-35(51)50-22-14-15-33(50)39(59-12)28(7)40(52)45-32(23-29-16-18-30(44)19-17-29)41(53)47-60(56,57)31-20-21-31/h16-19,25-28,31-34,36-39H,13-15,20-24,44H2,1-12H3,(H,45,52)(H,46,54)(H,47,53)/t27-,28+,32-,33-,34+,36-,37?,38-,39+/m0/s1. The molecular formula is C43H73N7O9S. The van der Waals surface area contributed by atoms with Crippen molar-refractivity contribution in [3.63, 3.8) is 0 Å². The van der Waals surface area contributed by atoms with Crippen molar-refractivity contribution < 1.29 is 41.9 Å². The Morgan fingerprint density at radius 3 is 1.98 bits per heavy atom. The highest BCUT2D eigenvalue weighted by atomic mass is 32.2. The summed E-state index contributed by atoms with van der Waals surface area (Å²) in [4.78, 5) is 74.7. The van der Waals surface area contributed by atoms with Gasteiger partial charge in [-0.1, -0.05) is 67.0 Å². The van der Waals surface area contributed by atoms with Gasteiger partial charge in [-0.25, -0.2) is 8.42 Å². The number of methoxy groups -OCH3 is 2. The Balaban J connectivity index is 1.81. The fourth-order valence-corrected chi connectivity index (χ4v) is 9.83. The van der Waals surface area contributed by atoms with E-state index in [9.17, 15) is 32.4 Å². The predicted molar refractivity (Wildman–Crippen MR) is 232 cm³/mol. The number of rotatable bonds is 23. The van der Waals surface area contributed by atoms with Gasteiger partial charge in [0.15, 0.2) is 0 Å². The van der Waals surface area contributed by atoms with E-state index in [1.165, 1.54) is 14.2 Å². The number of nitrogens with zero attached hydrogens (tertiary/aromatic N) is 3. The normalized spacial score (nSPS) is 19.9. The number of carbonyl (C=O) groups excluding carboxylic acids is 5. The molecule has 1 heterocycles. The number of carbonyl (C=O) groups is 5. The predicted octanol–water partition coefficient (Wildman–Crippen LogP) is 2.55. The van der Waals surface area contributed by atoms with Crippen LogP contribution in [0.1, 0.15) is 92.6 Å². The molecule has 2 aliphatic rings. The summed E-state index contributed by atoms with van der Waals surface area (Å²) < 4.78 is 39.5. The van der Waals surface area contributed by atoms with Crippen LogP contribution >= 0.6 is 0 Å². The largest absolute Gasteiger partial charge is 0.399 e. The van der Waals surface area contributed by atoms with Crippen LogP contribution in [0.3, 0.4) is 0 Å². The van der Waals surface area contributed by atoms with Crippen molar-refractivity contribution in [1.29, 1.82) is 0 Å².